The SMILES string of the molecule is CC(C)C(Sc1nnc(-c2ccco2)n1CCC(N)=O)C(=O)N(C)C. The van der Waals surface area contributed by atoms with Gasteiger partial charge in [-0.25, -0.2) is 0 Å². The molecule has 2 N–H and O–H groups in total. The number of nitrogens with two attached hydrogens (primary N) is 1. The zero-order valence-corrected chi connectivity index (χ0v) is 15.6. The molecule has 25 heavy (non-hydrogen) atoms. The molecular weight excluding hydrogens is 342 g/mol. The molecule has 0 saturated heterocycles. The summed E-state index contributed by atoms with van der Waals surface area (Å²) in [6.45, 7) is 4.29. The van der Waals surface area contributed by atoms with E-state index in [1.165, 1.54) is 11.8 Å². The smallest absolute Gasteiger partial charge is 0.235 e. The maximum absolute atomic E-state index is 12.5. The van der Waals surface area contributed by atoms with Gasteiger partial charge in [-0.1, -0.05) is 25.6 Å². The third kappa shape index (κ3) is 4.62. The second-order valence-corrected chi connectivity index (χ2v) is 7.28. The van der Waals surface area contributed by atoms with Crippen LogP contribution in [0.1, 0.15) is 20.3 Å². The molecule has 1 atom stereocenters. The number of primary amides is 1. The van der Waals surface area contributed by atoms with Gasteiger partial charge in [0.1, 0.15) is 0 Å². The van der Waals surface area contributed by atoms with Gasteiger partial charge in [-0.05, 0) is 18.1 Å². The summed E-state index contributed by atoms with van der Waals surface area (Å²) in [6, 6.07) is 3.52. The van der Waals surface area contributed by atoms with Gasteiger partial charge in [0.2, 0.25) is 11.8 Å². The predicted octanol–water partition coefficient (Wildman–Crippen LogP) is 1.62. The first-order valence-corrected chi connectivity index (χ1v) is 8.82. The van der Waals surface area contributed by atoms with Gasteiger partial charge in [0.15, 0.2) is 16.7 Å². The van der Waals surface area contributed by atoms with Crippen LogP contribution < -0.4 is 5.73 Å². The molecule has 0 bridgehead atoms. The number of aromatic nitrogens is 3. The van der Waals surface area contributed by atoms with Gasteiger partial charge in [-0.3, -0.25) is 14.2 Å². The fourth-order valence-electron chi connectivity index (χ4n) is 2.23. The first-order valence-electron chi connectivity index (χ1n) is 7.94. The van der Waals surface area contributed by atoms with Crippen molar-refractivity contribution in [2.75, 3.05) is 14.1 Å². The van der Waals surface area contributed by atoms with Gasteiger partial charge >= 0.3 is 0 Å². The Balaban J connectivity index is 2.35. The lowest BCUT2D eigenvalue weighted by atomic mass is 10.1. The Hall–Kier alpha value is -2.29. The highest BCUT2D eigenvalue weighted by molar-refractivity contribution is 8.00. The molecule has 2 rings (SSSR count). The van der Waals surface area contributed by atoms with E-state index in [4.69, 9.17) is 10.2 Å². The average molecular weight is 365 g/mol. The topological polar surface area (TPSA) is 107 Å². The van der Waals surface area contributed by atoms with E-state index < -0.39 is 5.91 Å². The Bertz CT molecular complexity index is 724. The first-order chi connectivity index (χ1) is 11.8. The molecule has 8 nitrogen and oxygen atoms in total. The van der Waals surface area contributed by atoms with E-state index in [9.17, 15) is 9.59 Å². The van der Waals surface area contributed by atoms with Crippen molar-refractivity contribution < 1.29 is 14.0 Å². The highest BCUT2D eigenvalue weighted by atomic mass is 32.2. The lowest BCUT2D eigenvalue weighted by molar-refractivity contribution is -0.128. The average Bonchev–Trinajstić information content (AvgIpc) is 3.18. The summed E-state index contributed by atoms with van der Waals surface area (Å²) >= 11 is 1.33. The van der Waals surface area contributed by atoms with Gasteiger partial charge in [0.25, 0.3) is 0 Å². The first kappa shape index (κ1) is 19.0. The highest BCUT2D eigenvalue weighted by Gasteiger charge is 2.28. The molecule has 0 aliphatic heterocycles. The molecular formula is C16H23N5O3S. The summed E-state index contributed by atoms with van der Waals surface area (Å²) < 4.78 is 7.16. The Morgan fingerprint density at radius 2 is 2.08 bits per heavy atom. The Kier molecular flexibility index (Phi) is 6.24. The lowest BCUT2D eigenvalue weighted by Crippen LogP contribution is -2.35. The molecule has 136 valence electrons. The molecule has 0 aliphatic carbocycles. The summed E-state index contributed by atoms with van der Waals surface area (Å²) in [5.74, 6) is 0.745. The number of hydrogen-bond acceptors (Lipinski definition) is 6. The Morgan fingerprint density at radius 3 is 2.60 bits per heavy atom. The number of amides is 2. The van der Waals surface area contributed by atoms with Crippen LogP contribution in [-0.4, -0.2) is 50.8 Å². The van der Waals surface area contributed by atoms with Crippen LogP contribution in [-0.2, 0) is 16.1 Å². The standard InChI is InChI=1S/C16H23N5O3S/c1-10(2)13(15(23)20(3)4)25-16-19-18-14(11-6-5-9-24-11)21(16)8-7-12(17)22/h5-6,9-10,13H,7-8H2,1-4H3,(H2,17,22). The zero-order valence-electron chi connectivity index (χ0n) is 14.8. The highest BCUT2D eigenvalue weighted by Crippen LogP contribution is 2.31. The van der Waals surface area contributed by atoms with Crippen LogP contribution in [0.15, 0.2) is 28.0 Å². The number of carbonyl (C=O) groups is 2. The lowest BCUT2D eigenvalue weighted by Gasteiger charge is -2.22. The summed E-state index contributed by atoms with van der Waals surface area (Å²) in [6.07, 6.45) is 1.69. The van der Waals surface area contributed by atoms with Crippen LogP contribution in [0.25, 0.3) is 11.6 Å². The number of carbonyl (C=O) groups excluding carboxylic acids is 2. The monoisotopic (exact) mass is 365 g/mol. The fourth-order valence-corrected chi connectivity index (χ4v) is 3.43. The van der Waals surface area contributed by atoms with E-state index >= 15 is 0 Å². The maximum Gasteiger partial charge on any atom is 0.235 e. The minimum atomic E-state index is -0.417. The van der Waals surface area contributed by atoms with E-state index in [2.05, 4.69) is 10.2 Å². The van der Waals surface area contributed by atoms with Crippen LogP contribution in [0.2, 0.25) is 0 Å². The second kappa shape index (κ2) is 8.19. The van der Waals surface area contributed by atoms with Crippen LogP contribution in [0, 0.1) is 5.92 Å². The van der Waals surface area contributed by atoms with Crippen molar-refractivity contribution >= 4 is 23.6 Å². The number of furan rings is 1. The fraction of sp³-hybridized carbons (Fsp3) is 0.500. The van der Waals surface area contributed by atoms with Crippen molar-refractivity contribution in [3.05, 3.63) is 18.4 Å². The molecule has 0 fully saturated rings. The minimum Gasteiger partial charge on any atom is -0.461 e. The number of thioether (sulfide) groups is 1. The van der Waals surface area contributed by atoms with Crippen molar-refractivity contribution in [3.8, 4) is 11.6 Å². The van der Waals surface area contributed by atoms with Crippen LogP contribution >= 0.6 is 11.8 Å². The maximum atomic E-state index is 12.5. The molecule has 0 radical (unpaired) electrons. The molecule has 0 aromatic carbocycles. The summed E-state index contributed by atoms with van der Waals surface area (Å²) in [5.41, 5.74) is 5.28. The quantitative estimate of drug-likeness (QED) is 0.712. The van der Waals surface area contributed by atoms with Gasteiger partial charge in [-0.15, -0.1) is 10.2 Å². The molecule has 0 spiro atoms. The molecule has 2 heterocycles. The molecule has 2 aromatic heterocycles. The summed E-state index contributed by atoms with van der Waals surface area (Å²) in [4.78, 5) is 25.2. The molecule has 2 amide bonds. The zero-order chi connectivity index (χ0) is 18.6. The van der Waals surface area contributed by atoms with E-state index in [0.717, 1.165) is 0 Å². The third-order valence-corrected chi connectivity index (χ3v) is 5.08. The van der Waals surface area contributed by atoms with E-state index in [1.807, 2.05) is 13.8 Å². The van der Waals surface area contributed by atoms with E-state index in [1.54, 1.807) is 42.0 Å². The number of rotatable bonds is 8. The van der Waals surface area contributed by atoms with Gasteiger partial charge < -0.3 is 15.1 Å². The normalized spacial score (nSPS) is 12.4. The van der Waals surface area contributed by atoms with Crippen molar-refractivity contribution in [1.29, 1.82) is 0 Å². The van der Waals surface area contributed by atoms with Crippen molar-refractivity contribution in [1.82, 2.24) is 19.7 Å². The molecule has 0 aliphatic rings. The van der Waals surface area contributed by atoms with E-state index in [0.29, 0.717) is 23.3 Å². The molecule has 2 aromatic rings. The van der Waals surface area contributed by atoms with Crippen LogP contribution in [0.3, 0.4) is 0 Å². The summed E-state index contributed by atoms with van der Waals surface area (Å²) in [7, 11) is 3.45. The Labute approximate surface area is 150 Å². The second-order valence-electron chi connectivity index (χ2n) is 6.17. The van der Waals surface area contributed by atoms with Crippen LogP contribution in [0.4, 0.5) is 0 Å². The molecule has 1 unspecified atom stereocenters. The van der Waals surface area contributed by atoms with Crippen molar-refractivity contribution in [3.63, 3.8) is 0 Å². The van der Waals surface area contributed by atoms with Gasteiger partial charge in [-0.2, -0.15) is 0 Å². The van der Waals surface area contributed by atoms with Crippen molar-refractivity contribution in [2.24, 2.45) is 11.7 Å². The van der Waals surface area contributed by atoms with Crippen LogP contribution in [0.5, 0.6) is 0 Å². The van der Waals surface area contributed by atoms with Gasteiger partial charge in [0.05, 0.1) is 11.5 Å². The van der Waals surface area contributed by atoms with Crippen molar-refractivity contribution in [2.45, 2.75) is 37.2 Å². The number of nitrogens with zero attached hydrogens (tertiary/aromatic N) is 4. The summed E-state index contributed by atoms with van der Waals surface area (Å²) in [5, 5.41) is 8.63. The predicted molar refractivity (Wildman–Crippen MR) is 94.7 cm³/mol. The Morgan fingerprint density at radius 1 is 1.36 bits per heavy atom. The largest absolute Gasteiger partial charge is 0.461 e. The van der Waals surface area contributed by atoms with E-state index in [-0.39, 0.29) is 23.5 Å². The minimum absolute atomic E-state index is 0.00370. The molecule has 9 heteroatoms. The van der Waals surface area contributed by atoms with Gasteiger partial charge in [0, 0.05) is 27.1 Å². The molecule has 0 saturated carbocycles. The number of hydrogen-bond donors (Lipinski definition) is 1. The third-order valence-electron chi connectivity index (χ3n) is 3.56.